The first-order chi connectivity index (χ1) is 22.8. The van der Waals surface area contributed by atoms with Crippen molar-refractivity contribution in [3.63, 3.8) is 0 Å². The predicted octanol–water partition coefficient (Wildman–Crippen LogP) is 7.42. The number of aryl methyl sites for hydroxylation is 1. The van der Waals surface area contributed by atoms with Crippen LogP contribution in [0.3, 0.4) is 0 Å². The number of nitrogens with one attached hydrogen (secondary N) is 2. The Balaban J connectivity index is 0.000000591. The number of benzene rings is 1. The SMILES string of the molecule is C/C(=C\CC(F)(F)F)C(F)(F)F.C=C(C#CC)CN(Cc1cc(C(F)(F)F)ccc1-c1nc(Cn2cccn2)sc1CC)/C(=N/N)NNC. The Bertz CT molecular complexity index is 1640. The monoisotopic (exact) mass is 722 g/mol. The molecule has 49 heavy (non-hydrogen) atoms. The molecule has 0 spiro atoms. The number of halogens is 9. The first-order valence-electron chi connectivity index (χ1n) is 14.4. The van der Waals surface area contributed by atoms with Crippen LogP contribution in [0.4, 0.5) is 39.5 Å². The lowest BCUT2D eigenvalue weighted by Gasteiger charge is -2.27. The number of thiazole rings is 1. The number of hydrazine groups is 1. The van der Waals surface area contributed by atoms with Gasteiger partial charge in [0.1, 0.15) is 5.01 Å². The van der Waals surface area contributed by atoms with Crippen LogP contribution in [0.1, 0.15) is 48.2 Å². The van der Waals surface area contributed by atoms with Crippen LogP contribution in [0.25, 0.3) is 11.3 Å². The third kappa shape index (κ3) is 13.1. The first kappa shape index (κ1) is 40.7. The van der Waals surface area contributed by atoms with Crippen LogP contribution in [0, 0.1) is 11.8 Å². The molecule has 0 bridgehead atoms. The lowest BCUT2D eigenvalue weighted by molar-refractivity contribution is -0.137. The van der Waals surface area contributed by atoms with Gasteiger partial charge in [-0.15, -0.1) is 22.4 Å². The van der Waals surface area contributed by atoms with Crippen molar-refractivity contribution in [3.8, 4) is 23.1 Å². The van der Waals surface area contributed by atoms with Crippen molar-refractivity contribution in [1.82, 2.24) is 30.5 Å². The van der Waals surface area contributed by atoms with Gasteiger partial charge in [0.15, 0.2) is 0 Å². The molecule has 0 aliphatic rings. The van der Waals surface area contributed by atoms with Crippen molar-refractivity contribution >= 4 is 17.3 Å². The quantitative estimate of drug-likeness (QED) is 0.0384. The third-order valence-corrected chi connectivity index (χ3v) is 7.58. The smallest absolute Gasteiger partial charge is 0.331 e. The highest BCUT2D eigenvalue weighted by atomic mass is 32.1. The summed E-state index contributed by atoms with van der Waals surface area (Å²) in [6, 6.07) is 5.54. The maximum atomic E-state index is 13.7. The van der Waals surface area contributed by atoms with Gasteiger partial charge in [0.05, 0.1) is 30.8 Å². The lowest BCUT2D eigenvalue weighted by atomic mass is 9.99. The normalized spacial score (nSPS) is 12.5. The third-order valence-electron chi connectivity index (χ3n) is 6.40. The van der Waals surface area contributed by atoms with E-state index in [0.717, 1.165) is 22.0 Å². The average Bonchev–Trinajstić information content (AvgIpc) is 3.67. The predicted molar refractivity (Wildman–Crippen MR) is 171 cm³/mol. The van der Waals surface area contributed by atoms with Gasteiger partial charge in [0, 0.05) is 47.6 Å². The highest BCUT2D eigenvalue weighted by Gasteiger charge is 2.33. The minimum absolute atomic E-state index is 0.0452. The maximum Gasteiger partial charge on any atom is 0.416 e. The Kier molecular flexibility index (Phi) is 14.7. The fraction of sp³-hybridized carbons (Fsp3) is 0.387. The Morgan fingerprint density at radius 3 is 2.37 bits per heavy atom. The number of hydrogen-bond donors (Lipinski definition) is 3. The first-order valence-corrected chi connectivity index (χ1v) is 15.2. The zero-order valence-electron chi connectivity index (χ0n) is 26.9. The summed E-state index contributed by atoms with van der Waals surface area (Å²) in [6.07, 6.45) is -11.0. The molecule has 3 aromatic rings. The number of allylic oxidation sites excluding steroid dienone is 2. The molecule has 2 heterocycles. The zero-order valence-corrected chi connectivity index (χ0v) is 27.7. The molecule has 8 nitrogen and oxygen atoms in total. The summed E-state index contributed by atoms with van der Waals surface area (Å²) in [5, 5.41) is 8.81. The topological polar surface area (TPSA) is 96.4 Å². The molecule has 0 saturated carbocycles. The van der Waals surface area contributed by atoms with E-state index in [2.05, 4.69) is 39.5 Å². The van der Waals surface area contributed by atoms with E-state index in [4.69, 9.17) is 10.8 Å². The second kappa shape index (κ2) is 17.8. The van der Waals surface area contributed by atoms with Gasteiger partial charge < -0.3 is 10.7 Å². The van der Waals surface area contributed by atoms with Gasteiger partial charge in [-0.1, -0.05) is 31.6 Å². The number of hydrazone groups is 1. The second-order valence-electron chi connectivity index (χ2n) is 10.2. The molecule has 0 unspecified atom stereocenters. The van der Waals surface area contributed by atoms with E-state index in [9.17, 15) is 39.5 Å². The molecule has 0 radical (unpaired) electrons. The van der Waals surface area contributed by atoms with Gasteiger partial charge in [0.2, 0.25) is 5.96 Å². The van der Waals surface area contributed by atoms with Gasteiger partial charge in [-0.2, -0.15) is 44.6 Å². The van der Waals surface area contributed by atoms with Crippen molar-refractivity contribution in [2.45, 2.75) is 65.2 Å². The van der Waals surface area contributed by atoms with Crippen molar-refractivity contribution in [1.29, 1.82) is 0 Å². The van der Waals surface area contributed by atoms with Crippen LogP contribution < -0.4 is 16.7 Å². The number of guanidine groups is 1. The van der Waals surface area contributed by atoms with E-state index in [0.29, 0.717) is 42.3 Å². The average molecular weight is 723 g/mol. The number of alkyl halides is 9. The minimum atomic E-state index is -4.66. The maximum absolute atomic E-state index is 13.7. The van der Waals surface area contributed by atoms with E-state index in [-0.39, 0.29) is 25.1 Å². The van der Waals surface area contributed by atoms with Crippen LogP contribution in [0.2, 0.25) is 0 Å². The molecule has 0 atom stereocenters. The zero-order chi connectivity index (χ0) is 37.0. The molecular weight excluding hydrogens is 687 g/mol. The molecule has 0 amide bonds. The number of rotatable bonds is 10. The molecule has 18 heteroatoms. The van der Waals surface area contributed by atoms with Crippen LogP contribution in [-0.2, 0) is 25.7 Å². The summed E-state index contributed by atoms with van der Waals surface area (Å²) in [4.78, 5) is 7.45. The molecule has 4 N–H and O–H groups in total. The van der Waals surface area contributed by atoms with Crippen molar-refractivity contribution in [2.75, 3.05) is 13.6 Å². The van der Waals surface area contributed by atoms with E-state index < -0.39 is 36.1 Å². The fourth-order valence-electron chi connectivity index (χ4n) is 4.13. The second-order valence-corrected chi connectivity index (χ2v) is 11.3. The molecule has 0 fully saturated rings. The molecule has 0 aliphatic heterocycles. The number of nitrogens with two attached hydrogens (primary N) is 1. The van der Waals surface area contributed by atoms with Crippen LogP contribution >= 0.6 is 11.3 Å². The van der Waals surface area contributed by atoms with Gasteiger partial charge in [-0.05, 0) is 44.0 Å². The number of aromatic nitrogens is 3. The van der Waals surface area contributed by atoms with E-state index in [1.165, 1.54) is 17.4 Å². The van der Waals surface area contributed by atoms with Crippen molar-refractivity contribution in [3.05, 3.63) is 81.5 Å². The van der Waals surface area contributed by atoms with Crippen molar-refractivity contribution < 1.29 is 39.5 Å². The van der Waals surface area contributed by atoms with Gasteiger partial charge in [0.25, 0.3) is 0 Å². The van der Waals surface area contributed by atoms with Crippen molar-refractivity contribution in [2.24, 2.45) is 10.9 Å². The summed E-state index contributed by atoms with van der Waals surface area (Å²) in [6.45, 7) is 8.94. The van der Waals surface area contributed by atoms with Crippen LogP contribution in [0.15, 0.2) is 65.6 Å². The van der Waals surface area contributed by atoms with Gasteiger partial charge in [-0.25, -0.2) is 10.4 Å². The summed E-state index contributed by atoms with van der Waals surface area (Å²) < 4.78 is 112. The molecule has 0 saturated heterocycles. The Hall–Kier alpha value is -4.50. The molecule has 268 valence electrons. The van der Waals surface area contributed by atoms with E-state index in [1.807, 2.05) is 19.2 Å². The highest BCUT2D eigenvalue weighted by Crippen LogP contribution is 2.37. The summed E-state index contributed by atoms with van der Waals surface area (Å²) >= 11 is 1.52. The summed E-state index contributed by atoms with van der Waals surface area (Å²) in [5.74, 6) is 11.5. The Morgan fingerprint density at radius 1 is 1.16 bits per heavy atom. The van der Waals surface area contributed by atoms with Gasteiger partial charge in [-0.3, -0.25) is 10.1 Å². The molecule has 3 rings (SSSR count). The summed E-state index contributed by atoms with van der Waals surface area (Å²) in [5.41, 5.74) is 5.82. The van der Waals surface area contributed by atoms with Gasteiger partial charge >= 0.3 is 18.5 Å². The fourth-order valence-corrected chi connectivity index (χ4v) is 5.14. The molecule has 0 aliphatic carbocycles. The number of nitrogens with zero attached hydrogens (tertiary/aromatic N) is 5. The molecular formula is C31H35F9N8S. The van der Waals surface area contributed by atoms with E-state index >= 15 is 0 Å². The van der Waals surface area contributed by atoms with Crippen LogP contribution in [0.5, 0.6) is 0 Å². The minimum Gasteiger partial charge on any atom is -0.331 e. The van der Waals surface area contributed by atoms with Crippen LogP contribution in [-0.4, -0.2) is 51.6 Å². The Labute approximate surface area is 281 Å². The molecule has 2 aromatic heterocycles. The number of hydrogen-bond acceptors (Lipinski definition) is 6. The lowest BCUT2D eigenvalue weighted by Crippen LogP contribution is -2.47. The largest absolute Gasteiger partial charge is 0.416 e. The van der Waals surface area contributed by atoms with E-state index in [1.54, 1.807) is 29.7 Å². The summed E-state index contributed by atoms with van der Waals surface area (Å²) in [7, 11) is 1.63. The highest BCUT2D eigenvalue weighted by molar-refractivity contribution is 7.12. The molecule has 1 aromatic carbocycles. The standard InChI is InChI=1S/C25H29F3N8S.C6H6F6/c1-5-8-17(3)14-35(24(33-29)34-30-4)15-18-13-19(25(26,27)28)9-10-20(18)23-21(6-2)37-22(32-23)16-36-12-7-11-31-36;1-4(6(10,11)12)2-3-5(7,8)9/h7,9-13,30H,3,6,14-16,29H2,1-2,4H3,(H,33,34);2H,3H2,1H3/b;4-2+. The Morgan fingerprint density at radius 2 is 1.86 bits per heavy atom.